The van der Waals surface area contributed by atoms with Gasteiger partial charge in [-0.2, -0.15) is 11.8 Å². The third-order valence-electron chi connectivity index (χ3n) is 5.47. The summed E-state index contributed by atoms with van der Waals surface area (Å²) in [5.74, 6) is -3.39. The minimum Gasteiger partial charge on any atom is -0.480 e. The summed E-state index contributed by atoms with van der Waals surface area (Å²) < 4.78 is 0. The second-order valence-electron chi connectivity index (χ2n) is 8.13. The molecule has 1 heterocycles. The van der Waals surface area contributed by atoms with E-state index in [9.17, 15) is 29.1 Å². The Bertz CT molecular complexity index is 1090. The Balaban J connectivity index is 2.18. The van der Waals surface area contributed by atoms with Crippen LogP contribution in [0.2, 0.25) is 0 Å². The lowest BCUT2D eigenvalue weighted by molar-refractivity contribution is -0.142. The topological polar surface area (TPSA) is 209 Å². The lowest BCUT2D eigenvalue weighted by atomic mass is 10.0. The zero-order valence-corrected chi connectivity index (χ0v) is 20.7. The van der Waals surface area contributed by atoms with E-state index in [1.807, 2.05) is 30.5 Å². The second-order valence-corrected chi connectivity index (χ2v) is 9.12. The van der Waals surface area contributed by atoms with Crippen LogP contribution in [0.25, 0.3) is 10.9 Å². The fourth-order valence-corrected chi connectivity index (χ4v) is 4.05. The number of aromatic amines is 1. The van der Waals surface area contributed by atoms with Crippen molar-refractivity contribution in [1.82, 2.24) is 20.9 Å². The molecule has 0 spiro atoms. The van der Waals surface area contributed by atoms with E-state index in [1.54, 1.807) is 6.20 Å². The van der Waals surface area contributed by atoms with Gasteiger partial charge in [-0.3, -0.25) is 19.2 Å². The molecule has 4 amide bonds. The Morgan fingerprint density at radius 1 is 1.00 bits per heavy atom. The van der Waals surface area contributed by atoms with Crippen molar-refractivity contribution in [2.45, 2.75) is 43.8 Å². The van der Waals surface area contributed by atoms with Crippen LogP contribution in [0.15, 0.2) is 30.5 Å². The van der Waals surface area contributed by atoms with Crippen molar-refractivity contribution in [2.75, 3.05) is 18.6 Å². The number of H-pyrrole nitrogens is 1. The molecule has 9 N–H and O–H groups in total. The number of fused-ring (bicyclic) bond motifs is 1. The summed E-state index contributed by atoms with van der Waals surface area (Å²) in [6, 6.07) is 3.84. The van der Waals surface area contributed by atoms with Crippen LogP contribution in [-0.4, -0.2) is 76.4 Å². The molecule has 12 nitrogen and oxygen atoms in total. The van der Waals surface area contributed by atoms with Gasteiger partial charge in [-0.15, -0.1) is 0 Å². The minimum atomic E-state index is -1.30. The largest absolute Gasteiger partial charge is 0.480 e. The number of rotatable bonds is 15. The fourth-order valence-electron chi connectivity index (χ4n) is 3.58. The lowest BCUT2D eigenvalue weighted by Crippen LogP contribution is -2.56. The Kier molecular flexibility index (Phi) is 11.2. The summed E-state index contributed by atoms with van der Waals surface area (Å²) >= 11 is 1.46. The maximum Gasteiger partial charge on any atom is 0.326 e. The van der Waals surface area contributed by atoms with Gasteiger partial charge in [0.25, 0.3) is 0 Å². The summed E-state index contributed by atoms with van der Waals surface area (Å²) in [6.07, 6.45) is 3.42. The molecule has 3 atom stereocenters. The van der Waals surface area contributed by atoms with Crippen molar-refractivity contribution >= 4 is 52.3 Å². The third-order valence-corrected chi connectivity index (χ3v) is 6.12. The van der Waals surface area contributed by atoms with Crippen molar-refractivity contribution in [3.8, 4) is 0 Å². The molecule has 0 aliphatic rings. The lowest BCUT2D eigenvalue weighted by Gasteiger charge is -2.24. The molecule has 1 aromatic heterocycles. The predicted octanol–water partition coefficient (Wildman–Crippen LogP) is -0.773. The molecule has 1 aromatic carbocycles. The van der Waals surface area contributed by atoms with Gasteiger partial charge in [0.05, 0.1) is 6.54 Å². The first-order valence-corrected chi connectivity index (χ1v) is 12.7. The Hall–Kier alpha value is -3.58. The van der Waals surface area contributed by atoms with E-state index < -0.39 is 47.7 Å². The van der Waals surface area contributed by atoms with Gasteiger partial charge in [-0.1, -0.05) is 18.2 Å². The van der Waals surface area contributed by atoms with E-state index >= 15 is 0 Å². The van der Waals surface area contributed by atoms with Crippen molar-refractivity contribution in [3.05, 3.63) is 36.0 Å². The number of carboxylic acid groups (broad SMARTS) is 1. The molecule has 0 bridgehead atoms. The molecule has 0 saturated carbocycles. The van der Waals surface area contributed by atoms with E-state index in [0.29, 0.717) is 11.3 Å². The number of para-hydroxylation sites is 1. The van der Waals surface area contributed by atoms with Gasteiger partial charge in [0.15, 0.2) is 0 Å². The first-order chi connectivity index (χ1) is 17.2. The molecule has 0 radical (unpaired) electrons. The number of nitrogens with two attached hydrogens (primary N) is 2. The molecule has 0 aliphatic carbocycles. The fraction of sp³-hybridized carbons (Fsp3) is 0.435. The van der Waals surface area contributed by atoms with E-state index in [0.717, 1.165) is 10.9 Å². The normalized spacial score (nSPS) is 13.4. The maximum absolute atomic E-state index is 13.1. The SMILES string of the molecule is CSCCC(NC(=O)CN)C(=O)NC(CCC(N)=O)C(=O)NC(Cc1c[nH]c2ccccc12)C(=O)O. The zero-order valence-electron chi connectivity index (χ0n) is 19.9. The number of carbonyl (C=O) groups is 5. The van der Waals surface area contributed by atoms with Crippen LogP contribution in [-0.2, 0) is 30.4 Å². The molecule has 0 fully saturated rings. The summed E-state index contributed by atoms with van der Waals surface area (Å²) in [7, 11) is 0. The Morgan fingerprint density at radius 2 is 1.64 bits per heavy atom. The van der Waals surface area contributed by atoms with Crippen LogP contribution in [0.3, 0.4) is 0 Å². The van der Waals surface area contributed by atoms with Crippen molar-refractivity contribution in [1.29, 1.82) is 0 Å². The first kappa shape index (κ1) is 28.7. The Labute approximate surface area is 212 Å². The summed E-state index contributed by atoms with van der Waals surface area (Å²) in [4.78, 5) is 64.0. The molecule has 3 unspecified atom stereocenters. The Morgan fingerprint density at radius 3 is 2.25 bits per heavy atom. The average Bonchev–Trinajstić information content (AvgIpc) is 3.25. The highest BCUT2D eigenvalue weighted by Crippen LogP contribution is 2.19. The number of hydrogen-bond acceptors (Lipinski definition) is 7. The summed E-state index contributed by atoms with van der Waals surface area (Å²) in [5, 5.41) is 18.0. The number of aromatic nitrogens is 1. The van der Waals surface area contributed by atoms with Crippen LogP contribution in [0, 0.1) is 0 Å². The molecule has 2 rings (SSSR count). The van der Waals surface area contributed by atoms with Crippen LogP contribution in [0.1, 0.15) is 24.8 Å². The molecule has 0 aliphatic heterocycles. The van der Waals surface area contributed by atoms with E-state index in [2.05, 4.69) is 20.9 Å². The van der Waals surface area contributed by atoms with Gasteiger partial charge < -0.3 is 37.5 Å². The number of aliphatic carboxylic acids is 1. The predicted molar refractivity (Wildman–Crippen MR) is 136 cm³/mol. The van der Waals surface area contributed by atoms with Crippen molar-refractivity contribution in [2.24, 2.45) is 11.5 Å². The smallest absolute Gasteiger partial charge is 0.326 e. The van der Waals surface area contributed by atoms with Crippen LogP contribution >= 0.6 is 11.8 Å². The standard InChI is InChI=1S/C23H32N6O6S/c1-36-9-8-17(27-20(31)11-24)22(33)28-16(6-7-19(25)30)21(32)29-18(23(34)35)10-13-12-26-15-5-3-2-4-14(13)15/h2-5,12,16-18,26H,6-11,24H2,1H3,(H2,25,30)(H,27,31)(H,28,33)(H,29,32)(H,34,35). The second kappa shape index (κ2) is 14.1. The monoisotopic (exact) mass is 520 g/mol. The number of benzene rings is 1. The molecule has 13 heteroatoms. The minimum absolute atomic E-state index is 0.00945. The molecular formula is C23H32N6O6S. The molecule has 36 heavy (non-hydrogen) atoms. The van der Waals surface area contributed by atoms with Gasteiger partial charge in [0.2, 0.25) is 23.6 Å². The maximum atomic E-state index is 13.1. The third kappa shape index (κ3) is 8.57. The number of hydrogen-bond donors (Lipinski definition) is 7. The number of thioether (sulfide) groups is 1. The van der Waals surface area contributed by atoms with Gasteiger partial charge in [0.1, 0.15) is 18.1 Å². The number of amides is 4. The molecule has 2 aromatic rings. The van der Waals surface area contributed by atoms with Crippen LogP contribution in [0.5, 0.6) is 0 Å². The number of carbonyl (C=O) groups excluding carboxylic acids is 4. The van der Waals surface area contributed by atoms with E-state index in [-0.39, 0.29) is 32.2 Å². The highest BCUT2D eigenvalue weighted by Gasteiger charge is 2.30. The highest BCUT2D eigenvalue weighted by molar-refractivity contribution is 7.98. The zero-order chi connectivity index (χ0) is 26.7. The van der Waals surface area contributed by atoms with Crippen LogP contribution in [0.4, 0.5) is 0 Å². The summed E-state index contributed by atoms with van der Waals surface area (Å²) in [6.45, 7) is -0.317. The van der Waals surface area contributed by atoms with Gasteiger partial charge in [-0.05, 0) is 36.5 Å². The number of carboxylic acids is 1. The number of primary amides is 1. The molecule has 0 saturated heterocycles. The number of nitrogens with one attached hydrogen (secondary N) is 4. The highest BCUT2D eigenvalue weighted by atomic mass is 32.2. The van der Waals surface area contributed by atoms with Crippen molar-refractivity contribution in [3.63, 3.8) is 0 Å². The first-order valence-electron chi connectivity index (χ1n) is 11.3. The average molecular weight is 521 g/mol. The van der Waals surface area contributed by atoms with Gasteiger partial charge in [-0.25, -0.2) is 4.79 Å². The summed E-state index contributed by atoms with van der Waals surface area (Å²) in [5.41, 5.74) is 12.1. The molecule has 196 valence electrons. The van der Waals surface area contributed by atoms with Gasteiger partial charge >= 0.3 is 5.97 Å². The van der Waals surface area contributed by atoms with Crippen LogP contribution < -0.4 is 27.4 Å². The van der Waals surface area contributed by atoms with Gasteiger partial charge in [0, 0.05) is 29.9 Å². The van der Waals surface area contributed by atoms with E-state index in [1.165, 1.54) is 11.8 Å². The quantitative estimate of drug-likeness (QED) is 0.158. The molecular weight excluding hydrogens is 488 g/mol. The van der Waals surface area contributed by atoms with E-state index in [4.69, 9.17) is 11.5 Å². The van der Waals surface area contributed by atoms with Crippen molar-refractivity contribution < 1.29 is 29.1 Å².